The highest BCUT2D eigenvalue weighted by molar-refractivity contribution is 7.91. The SMILES string of the molecule is CCN(CCCN(C)C)S(=O)(=O)c1cc(C)c(C(=O)O)s1. The predicted molar refractivity (Wildman–Crippen MR) is 83.6 cm³/mol. The standard InChI is InChI=1S/C13H22N2O4S2/c1-5-15(8-6-7-14(3)4)21(18,19)11-9-10(2)12(20-11)13(16)17/h9H,5-8H2,1-4H3,(H,16,17). The molecule has 0 bridgehead atoms. The van der Waals surface area contributed by atoms with E-state index in [0.29, 0.717) is 18.7 Å². The molecule has 0 amide bonds. The first kappa shape index (κ1) is 18.1. The second-order valence-corrected chi connectivity index (χ2v) is 8.25. The summed E-state index contributed by atoms with van der Waals surface area (Å²) in [5.74, 6) is -1.09. The maximum Gasteiger partial charge on any atom is 0.346 e. The lowest BCUT2D eigenvalue weighted by Gasteiger charge is -2.20. The van der Waals surface area contributed by atoms with E-state index in [1.807, 2.05) is 19.0 Å². The number of thiophene rings is 1. The van der Waals surface area contributed by atoms with Crippen LogP contribution in [0.1, 0.15) is 28.6 Å². The molecule has 1 N–H and O–H groups in total. The van der Waals surface area contributed by atoms with Gasteiger partial charge in [0.2, 0.25) is 0 Å². The molecular formula is C13H22N2O4S2. The Kier molecular flexibility index (Phi) is 6.33. The van der Waals surface area contributed by atoms with E-state index in [-0.39, 0.29) is 9.09 Å². The summed E-state index contributed by atoms with van der Waals surface area (Å²) >= 11 is 0.818. The van der Waals surface area contributed by atoms with Crippen molar-refractivity contribution in [2.45, 2.75) is 24.5 Å². The molecule has 8 heteroatoms. The van der Waals surface area contributed by atoms with Crippen LogP contribution in [-0.2, 0) is 10.0 Å². The number of aryl methyl sites for hydroxylation is 1. The van der Waals surface area contributed by atoms with Crippen LogP contribution in [0.3, 0.4) is 0 Å². The number of carboxylic acid groups (broad SMARTS) is 1. The molecule has 0 fully saturated rings. The van der Waals surface area contributed by atoms with Crippen molar-refractivity contribution in [3.63, 3.8) is 0 Å². The second kappa shape index (κ2) is 7.35. The molecule has 0 aliphatic rings. The summed E-state index contributed by atoms with van der Waals surface area (Å²) in [6, 6.07) is 1.44. The summed E-state index contributed by atoms with van der Waals surface area (Å²) in [6.07, 6.45) is 0.732. The van der Waals surface area contributed by atoms with Gasteiger partial charge in [0.25, 0.3) is 10.0 Å². The van der Waals surface area contributed by atoms with Crippen LogP contribution in [-0.4, -0.2) is 62.4 Å². The van der Waals surface area contributed by atoms with Crippen molar-refractivity contribution >= 4 is 27.3 Å². The third-order valence-electron chi connectivity index (χ3n) is 3.05. The Balaban J connectivity index is 2.96. The molecule has 1 heterocycles. The van der Waals surface area contributed by atoms with Gasteiger partial charge in [-0.3, -0.25) is 0 Å². The van der Waals surface area contributed by atoms with E-state index in [2.05, 4.69) is 0 Å². The van der Waals surface area contributed by atoms with Crippen molar-refractivity contribution in [3.8, 4) is 0 Å². The van der Waals surface area contributed by atoms with Crippen LogP contribution in [0.5, 0.6) is 0 Å². The fraction of sp³-hybridized carbons (Fsp3) is 0.615. The van der Waals surface area contributed by atoms with E-state index >= 15 is 0 Å². The quantitative estimate of drug-likeness (QED) is 0.783. The predicted octanol–water partition coefficient (Wildman–Crippen LogP) is 1.72. The smallest absolute Gasteiger partial charge is 0.346 e. The van der Waals surface area contributed by atoms with Crippen molar-refractivity contribution in [1.82, 2.24) is 9.21 Å². The fourth-order valence-corrected chi connectivity index (χ4v) is 4.95. The summed E-state index contributed by atoms with van der Waals surface area (Å²) < 4.78 is 26.6. The van der Waals surface area contributed by atoms with E-state index in [4.69, 9.17) is 5.11 Å². The normalized spacial score (nSPS) is 12.3. The minimum Gasteiger partial charge on any atom is -0.477 e. The molecule has 0 aromatic carbocycles. The van der Waals surface area contributed by atoms with Crippen LogP contribution in [0.15, 0.2) is 10.3 Å². The van der Waals surface area contributed by atoms with Crippen LogP contribution in [0, 0.1) is 6.92 Å². The third kappa shape index (κ3) is 4.50. The molecular weight excluding hydrogens is 312 g/mol. The monoisotopic (exact) mass is 334 g/mol. The Hall–Kier alpha value is -0.960. The van der Waals surface area contributed by atoms with Gasteiger partial charge in [-0.2, -0.15) is 4.31 Å². The zero-order valence-corrected chi connectivity index (χ0v) is 14.4. The largest absolute Gasteiger partial charge is 0.477 e. The van der Waals surface area contributed by atoms with E-state index in [1.165, 1.54) is 10.4 Å². The number of rotatable bonds is 8. The molecule has 0 spiro atoms. The Morgan fingerprint density at radius 3 is 2.38 bits per heavy atom. The number of nitrogens with zero attached hydrogens (tertiary/aromatic N) is 2. The Morgan fingerprint density at radius 1 is 1.33 bits per heavy atom. The van der Waals surface area contributed by atoms with Gasteiger partial charge in [-0.05, 0) is 45.6 Å². The summed E-state index contributed by atoms with van der Waals surface area (Å²) in [5.41, 5.74) is 0.482. The second-order valence-electron chi connectivity index (χ2n) is 5.04. The summed E-state index contributed by atoms with van der Waals surface area (Å²) in [6.45, 7) is 4.99. The van der Waals surface area contributed by atoms with Gasteiger partial charge in [-0.15, -0.1) is 11.3 Å². The molecule has 0 aliphatic carbocycles. The summed E-state index contributed by atoms with van der Waals surface area (Å²) in [5, 5.41) is 9.04. The lowest BCUT2D eigenvalue weighted by Crippen LogP contribution is -2.32. The molecule has 0 atom stereocenters. The highest BCUT2D eigenvalue weighted by Gasteiger charge is 2.27. The maximum absolute atomic E-state index is 12.6. The van der Waals surface area contributed by atoms with Crippen molar-refractivity contribution in [3.05, 3.63) is 16.5 Å². The fourth-order valence-electron chi connectivity index (χ4n) is 1.93. The van der Waals surface area contributed by atoms with Gasteiger partial charge in [-0.25, -0.2) is 13.2 Å². The summed E-state index contributed by atoms with van der Waals surface area (Å²) in [7, 11) is 0.260. The Morgan fingerprint density at radius 2 is 1.95 bits per heavy atom. The molecule has 0 saturated heterocycles. The first-order chi connectivity index (χ1) is 9.70. The lowest BCUT2D eigenvalue weighted by molar-refractivity contribution is 0.0701. The molecule has 0 radical (unpaired) electrons. The van der Waals surface area contributed by atoms with Crippen LogP contribution in [0.2, 0.25) is 0 Å². The van der Waals surface area contributed by atoms with E-state index in [1.54, 1.807) is 13.8 Å². The molecule has 120 valence electrons. The van der Waals surface area contributed by atoms with Crippen molar-refractivity contribution in [2.75, 3.05) is 33.7 Å². The number of hydrogen-bond acceptors (Lipinski definition) is 5. The molecule has 0 unspecified atom stereocenters. The van der Waals surface area contributed by atoms with Gasteiger partial charge in [0.1, 0.15) is 9.09 Å². The molecule has 21 heavy (non-hydrogen) atoms. The average molecular weight is 334 g/mol. The third-order valence-corrected chi connectivity index (χ3v) is 6.70. The zero-order chi connectivity index (χ0) is 16.2. The highest BCUT2D eigenvalue weighted by Crippen LogP contribution is 2.28. The van der Waals surface area contributed by atoms with Gasteiger partial charge in [0, 0.05) is 13.1 Å². The van der Waals surface area contributed by atoms with Gasteiger partial charge in [-0.1, -0.05) is 6.92 Å². The van der Waals surface area contributed by atoms with Gasteiger partial charge in [0.05, 0.1) is 0 Å². The van der Waals surface area contributed by atoms with Gasteiger partial charge in [0.15, 0.2) is 0 Å². The Bertz CT molecular complexity index is 593. The van der Waals surface area contributed by atoms with Crippen LogP contribution >= 0.6 is 11.3 Å². The van der Waals surface area contributed by atoms with Crippen molar-refractivity contribution in [1.29, 1.82) is 0 Å². The van der Waals surface area contributed by atoms with Gasteiger partial charge < -0.3 is 10.0 Å². The topological polar surface area (TPSA) is 77.9 Å². The first-order valence-electron chi connectivity index (χ1n) is 6.68. The summed E-state index contributed by atoms with van der Waals surface area (Å²) in [4.78, 5) is 13.1. The number of carboxylic acids is 1. The number of aromatic carboxylic acids is 1. The van der Waals surface area contributed by atoms with Crippen LogP contribution in [0.25, 0.3) is 0 Å². The molecule has 1 rings (SSSR count). The van der Waals surface area contributed by atoms with E-state index in [9.17, 15) is 13.2 Å². The molecule has 1 aromatic heterocycles. The number of hydrogen-bond donors (Lipinski definition) is 1. The number of sulfonamides is 1. The van der Waals surface area contributed by atoms with Crippen LogP contribution in [0.4, 0.5) is 0 Å². The highest BCUT2D eigenvalue weighted by atomic mass is 32.2. The zero-order valence-electron chi connectivity index (χ0n) is 12.8. The minimum atomic E-state index is -3.61. The van der Waals surface area contributed by atoms with Crippen molar-refractivity contribution < 1.29 is 18.3 Å². The van der Waals surface area contributed by atoms with E-state index < -0.39 is 16.0 Å². The van der Waals surface area contributed by atoms with Crippen molar-refractivity contribution in [2.24, 2.45) is 0 Å². The minimum absolute atomic E-state index is 0.0814. The Labute approximate surface area is 130 Å². The molecule has 0 aliphatic heterocycles. The van der Waals surface area contributed by atoms with Gasteiger partial charge >= 0.3 is 5.97 Å². The lowest BCUT2D eigenvalue weighted by atomic mass is 10.3. The molecule has 0 saturated carbocycles. The first-order valence-corrected chi connectivity index (χ1v) is 8.94. The van der Waals surface area contributed by atoms with E-state index in [0.717, 1.165) is 24.3 Å². The maximum atomic E-state index is 12.6. The molecule has 6 nitrogen and oxygen atoms in total. The average Bonchev–Trinajstić information content (AvgIpc) is 2.77. The van der Waals surface area contributed by atoms with Crippen LogP contribution < -0.4 is 0 Å². The molecule has 1 aromatic rings. The number of carbonyl (C=O) groups is 1.